The number of nitrogens with one attached hydrogen (secondary N) is 2. The number of allylic oxidation sites excluding steroid dienone is 20. The van der Waals surface area contributed by atoms with Gasteiger partial charge in [-0.25, -0.2) is 4.79 Å². The molecule has 0 unspecified atom stereocenters. The maximum atomic E-state index is 12.5. The van der Waals surface area contributed by atoms with E-state index >= 15 is 0 Å². The maximum absolute atomic E-state index is 12.5. The van der Waals surface area contributed by atoms with Crippen molar-refractivity contribution in [2.24, 2.45) is 0 Å². The number of carbonyl (C=O) groups excluding carboxylic acids is 3. The molecule has 0 heterocycles. The van der Waals surface area contributed by atoms with Crippen molar-refractivity contribution >= 4 is 17.8 Å². The predicted octanol–water partition coefficient (Wildman–Crippen LogP) is 11.8. The van der Waals surface area contributed by atoms with Gasteiger partial charge in [0.15, 0.2) is 0 Å². The molecule has 0 aromatic heterocycles. The number of ether oxygens (including phenoxy) is 1. The molecule has 0 aromatic rings. The highest BCUT2D eigenvalue weighted by molar-refractivity contribution is 5.84. The minimum Gasteiger partial charge on any atom is -0.467 e. The van der Waals surface area contributed by atoms with Gasteiger partial charge < -0.3 is 15.4 Å². The third-order valence-corrected chi connectivity index (χ3v) is 7.93. The number of amides is 2. The molecule has 0 spiro atoms. The van der Waals surface area contributed by atoms with Crippen LogP contribution >= 0.6 is 0 Å². The minimum atomic E-state index is -0.666. The Balaban J connectivity index is 3.96. The fraction of sp³-hybridized carbons (Fsp3) is 0.511. The molecule has 0 fully saturated rings. The molecule has 0 aliphatic rings. The second-order valence-corrected chi connectivity index (χ2v) is 12.7. The molecule has 0 saturated heterocycles. The van der Waals surface area contributed by atoms with Gasteiger partial charge in [-0.15, -0.1) is 0 Å². The topological polar surface area (TPSA) is 84.5 Å². The largest absolute Gasteiger partial charge is 0.467 e. The number of unbranched alkanes of at least 4 members (excludes halogenated alkanes) is 3. The molecular weight excluding hydrogens is 657 g/mol. The molecule has 0 aliphatic carbocycles. The van der Waals surface area contributed by atoms with Crippen molar-refractivity contribution in [2.75, 3.05) is 13.7 Å². The summed E-state index contributed by atoms with van der Waals surface area (Å²) in [4.78, 5) is 36.9. The number of hydrogen-bond donors (Lipinski definition) is 2. The van der Waals surface area contributed by atoms with Crippen molar-refractivity contribution in [3.05, 3.63) is 122 Å². The van der Waals surface area contributed by atoms with Crippen LogP contribution in [0.25, 0.3) is 0 Å². The first kappa shape index (κ1) is 48.8. The van der Waals surface area contributed by atoms with E-state index in [-0.39, 0.29) is 11.8 Å². The number of hydrogen-bond acceptors (Lipinski definition) is 4. The smallest absolute Gasteiger partial charge is 0.328 e. The SMILES string of the molecule is CC/C=C\C/C=C\C/C=C\C/C=C\C/C=C\CCCC(=O)NCCCC[C@H](NC(=O)CCC/C=C\C/C=C\C/C=C\C/C=C\C/C=C\CC)C(=O)OC. The Labute approximate surface area is 323 Å². The molecule has 294 valence electrons. The van der Waals surface area contributed by atoms with E-state index in [1.54, 1.807) is 0 Å². The monoisotopic (exact) mass is 729 g/mol. The summed E-state index contributed by atoms with van der Waals surface area (Å²) in [6.45, 7) is 4.84. The highest BCUT2D eigenvalue weighted by Gasteiger charge is 2.20. The third-order valence-electron chi connectivity index (χ3n) is 7.93. The average Bonchev–Trinajstić information content (AvgIpc) is 3.16. The number of esters is 1. The van der Waals surface area contributed by atoms with E-state index in [4.69, 9.17) is 4.74 Å². The zero-order valence-corrected chi connectivity index (χ0v) is 33.4. The molecule has 0 saturated carbocycles. The standard InChI is InChI=1S/C47H72N2O4/c1-4-6-8-10-12-14-16-18-20-22-24-26-28-30-32-34-36-41-45(50)48-43-39-38-40-44(47(52)53-3)49-46(51)42-37-35-33-31-29-27-25-23-21-19-17-15-13-11-9-7-5-2/h6-9,12-15,18-21,24-27,30-33,44H,4-5,10-11,16-17,22-23,28-29,34-43H2,1-3H3,(H,48,50)(H,49,51)/b8-6-,9-7-,14-12-,15-13-,20-18-,21-19-,26-24-,27-25-,32-30-,33-31-/t44-/m0/s1. The van der Waals surface area contributed by atoms with Crippen LogP contribution in [-0.4, -0.2) is 37.5 Å². The predicted molar refractivity (Wildman–Crippen MR) is 227 cm³/mol. The summed E-state index contributed by atoms with van der Waals surface area (Å²) in [6.07, 6.45) is 59.3. The summed E-state index contributed by atoms with van der Waals surface area (Å²) in [6, 6.07) is -0.666. The molecule has 2 amide bonds. The van der Waals surface area contributed by atoms with Crippen molar-refractivity contribution in [2.45, 2.75) is 142 Å². The van der Waals surface area contributed by atoms with E-state index in [1.165, 1.54) is 7.11 Å². The van der Waals surface area contributed by atoms with Crippen LogP contribution in [0.2, 0.25) is 0 Å². The molecule has 0 radical (unpaired) electrons. The van der Waals surface area contributed by atoms with Crippen molar-refractivity contribution in [1.29, 1.82) is 0 Å². The van der Waals surface area contributed by atoms with Crippen molar-refractivity contribution < 1.29 is 19.1 Å². The molecule has 6 heteroatoms. The Kier molecular flexibility index (Phi) is 37.4. The van der Waals surface area contributed by atoms with Crippen LogP contribution in [-0.2, 0) is 19.1 Å². The van der Waals surface area contributed by atoms with Gasteiger partial charge in [-0.2, -0.15) is 0 Å². The van der Waals surface area contributed by atoms with Gasteiger partial charge in [0.1, 0.15) is 6.04 Å². The maximum Gasteiger partial charge on any atom is 0.328 e. The van der Waals surface area contributed by atoms with E-state index in [1.807, 2.05) is 0 Å². The first-order chi connectivity index (χ1) is 26.0. The lowest BCUT2D eigenvalue weighted by Crippen LogP contribution is -2.41. The molecule has 2 N–H and O–H groups in total. The second kappa shape index (κ2) is 40.6. The van der Waals surface area contributed by atoms with Crippen molar-refractivity contribution in [3.8, 4) is 0 Å². The molecular formula is C47H72N2O4. The zero-order chi connectivity index (χ0) is 38.7. The number of rotatable bonds is 33. The van der Waals surface area contributed by atoms with Crippen LogP contribution in [0, 0.1) is 0 Å². The van der Waals surface area contributed by atoms with E-state index in [2.05, 4.69) is 146 Å². The summed E-state index contributed by atoms with van der Waals surface area (Å²) in [5, 5.41) is 5.79. The van der Waals surface area contributed by atoms with E-state index < -0.39 is 12.0 Å². The van der Waals surface area contributed by atoms with Crippen LogP contribution < -0.4 is 10.6 Å². The van der Waals surface area contributed by atoms with Gasteiger partial charge in [-0.1, -0.05) is 135 Å². The summed E-state index contributed by atoms with van der Waals surface area (Å²) in [5.74, 6) is -0.536. The fourth-order valence-electron chi connectivity index (χ4n) is 4.95. The van der Waals surface area contributed by atoms with Gasteiger partial charge in [0.2, 0.25) is 11.8 Å². The van der Waals surface area contributed by atoms with Gasteiger partial charge in [0, 0.05) is 19.4 Å². The number of carbonyl (C=O) groups is 3. The third kappa shape index (κ3) is 37.4. The second-order valence-electron chi connectivity index (χ2n) is 12.7. The highest BCUT2D eigenvalue weighted by atomic mass is 16.5. The lowest BCUT2D eigenvalue weighted by atomic mass is 10.1. The van der Waals surface area contributed by atoms with Crippen LogP contribution in [0.1, 0.15) is 136 Å². The van der Waals surface area contributed by atoms with Crippen molar-refractivity contribution in [3.63, 3.8) is 0 Å². The lowest BCUT2D eigenvalue weighted by Gasteiger charge is -2.16. The van der Waals surface area contributed by atoms with Gasteiger partial charge in [-0.3, -0.25) is 9.59 Å². The Bertz CT molecular complexity index is 1210. The molecule has 53 heavy (non-hydrogen) atoms. The molecule has 0 bridgehead atoms. The fourth-order valence-corrected chi connectivity index (χ4v) is 4.95. The van der Waals surface area contributed by atoms with Gasteiger partial charge in [0.25, 0.3) is 0 Å². The molecule has 0 aliphatic heterocycles. The molecule has 0 aromatic carbocycles. The lowest BCUT2D eigenvalue weighted by molar-refractivity contribution is -0.145. The van der Waals surface area contributed by atoms with Crippen LogP contribution in [0.4, 0.5) is 0 Å². The zero-order valence-electron chi connectivity index (χ0n) is 33.4. The molecule has 6 nitrogen and oxygen atoms in total. The highest BCUT2D eigenvalue weighted by Crippen LogP contribution is 2.06. The van der Waals surface area contributed by atoms with Gasteiger partial charge in [-0.05, 0) is 109 Å². The summed E-state index contributed by atoms with van der Waals surface area (Å²) >= 11 is 0. The Morgan fingerprint density at radius 2 is 0.830 bits per heavy atom. The molecule has 0 rings (SSSR count). The summed E-state index contributed by atoms with van der Waals surface area (Å²) in [5.41, 5.74) is 0. The minimum absolute atomic E-state index is 0.0442. The molecule has 1 atom stereocenters. The van der Waals surface area contributed by atoms with Crippen LogP contribution in [0.15, 0.2) is 122 Å². The van der Waals surface area contributed by atoms with Gasteiger partial charge >= 0.3 is 5.97 Å². The quantitative estimate of drug-likeness (QED) is 0.0400. The van der Waals surface area contributed by atoms with Crippen LogP contribution in [0.3, 0.4) is 0 Å². The Morgan fingerprint density at radius 1 is 0.472 bits per heavy atom. The van der Waals surface area contributed by atoms with Gasteiger partial charge in [0.05, 0.1) is 7.11 Å². The Hall–Kier alpha value is -4.19. The normalized spacial score (nSPS) is 13.3. The average molecular weight is 729 g/mol. The van der Waals surface area contributed by atoms with Crippen LogP contribution in [0.5, 0.6) is 0 Å². The summed E-state index contributed by atoms with van der Waals surface area (Å²) in [7, 11) is 1.34. The summed E-state index contributed by atoms with van der Waals surface area (Å²) < 4.78 is 4.91. The Morgan fingerprint density at radius 3 is 1.21 bits per heavy atom. The van der Waals surface area contributed by atoms with E-state index in [9.17, 15) is 14.4 Å². The van der Waals surface area contributed by atoms with E-state index in [0.29, 0.717) is 32.2 Å². The first-order valence-electron chi connectivity index (χ1n) is 20.2. The number of methoxy groups -OCH3 is 1. The van der Waals surface area contributed by atoms with E-state index in [0.717, 1.165) is 96.3 Å². The van der Waals surface area contributed by atoms with Crippen molar-refractivity contribution in [1.82, 2.24) is 10.6 Å². The first-order valence-corrected chi connectivity index (χ1v) is 20.2.